The molecular weight excluding hydrogens is 268 g/mol. The van der Waals surface area contributed by atoms with Crippen LogP contribution in [-0.2, 0) is 11.8 Å². The van der Waals surface area contributed by atoms with Crippen LogP contribution in [0.25, 0.3) is 0 Å². The van der Waals surface area contributed by atoms with Gasteiger partial charge in [-0.15, -0.1) is 11.3 Å². The predicted octanol–water partition coefficient (Wildman–Crippen LogP) is 3.76. The van der Waals surface area contributed by atoms with Crippen LogP contribution < -0.4 is 5.73 Å². The van der Waals surface area contributed by atoms with Crippen LogP contribution in [0.3, 0.4) is 0 Å². The fraction of sp³-hybridized carbons (Fsp3) is 0.375. The normalized spacial score (nSPS) is 11.6. The minimum absolute atomic E-state index is 0.0234. The van der Waals surface area contributed by atoms with E-state index in [2.05, 4.69) is 25.8 Å². The molecular formula is C16H20N2OS. The van der Waals surface area contributed by atoms with Gasteiger partial charge in [0.1, 0.15) is 5.01 Å². The number of nitrogen functional groups attached to an aromatic ring is 1. The van der Waals surface area contributed by atoms with Crippen LogP contribution in [0.5, 0.6) is 0 Å². The SMILES string of the molecule is Cc1cc(C(=O)Cc2nc(C(C)(C)C)cs2)ccc1N. The monoisotopic (exact) mass is 288 g/mol. The highest BCUT2D eigenvalue weighted by atomic mass is 32.1. The maximum atomic E-state index is 12.3. The second-order valence-corrected chi connectivity index (χ2v) is 6.99. The van der Waals surface area contributed by atoms with Gasteiger partial charge in [-0.3, -0.25) is 4.79 Å². The van der Waals surface area contributed by atoms with E-state index >= 15 is 0 Å². The average molecular weight is 288 g/mol. The number of nitrogens with two attached hydrogens (primary N) is 1. The summed E-state index contributed by atoms with van der Waals surface area (Å²) in [6.45, 7) is 8.28. The van der Waals surface area contributed by atoms with Gasteiger partial charge in [0.15, 0.2) is 5.78 Å². The zero-order chi connectivity index (χ0) is 14.9. The van der Waals surface area contributed by atoms with Crippen molar-refractivity contribution in [3.05, 3.63) is 45.4 Å². The Morgan fingerprint density at radius 3 is 2.60 bits per heavy atom. The lowest BCUT2D eigenvalue weighted by atomic mass is 9.93. The van der Waals surface area contributed by atoms with E-state index in [4.69, 9.17) is 5.73 Å². The highest BCUT2D eigenvalue weighted by Gasteiger charge is 2.18. The molecule has 0 saturated heterocycles. The van der Waals surface area contributed by atoms with Gasteiger partial charge in [0.25, 0.3) is 0 Å². The van der Waals surface area contributed by atoms with Gasteiger partial charge < -0.3 is 5.73 Å². The first-order chi connectivity index (χ1) is 9.27. The van der Waals surface area contributed by atoms with Crippen molar-refractivity contribution in [1.82, 2.24) is 4.98 Å². The standard InChI is InChI=1S/C16H20N2OS/c1-10-7-11(5-6-12(10)17)13(19)8-15-18-14(9-20-15)16(2,3)4/h5-7,9H,8,17H2,1-4H3. The Hall–Kier alpha value is -1.68. The molecule has 3 nitrogen and oxygen atoms in total. The summed E-state index contributed by atoms with van der Waals surface area (Å²) in [5, 5.41) is 2.91. The molecule has 4 heteroatoms. The van der Waals surface area contributed by atoms with Crippen molar-refractivity contribution in [3.63, 3.8) is 0 Å². The number of hydrogen-bond donors (Lipinski definition) is 1. The molecule has 0 saturated carbocycles. The molecule has 106 valence electrons. The molecule has 0 unspecified atom stereocenters. The molecule has 0 atom stereocenters. The summed E-state index contributed by atoms with van der Waals surface area (Å²) >= 11 is 1.55. The lowest BCUT2D eigenvalue weighted by Gasteiger charge is -2.14. The van der Waals surface area contributed by atoms with Gasteiger partial charge in [0.2, 0.25) is 0 Å². The summed E-state index contributed by atoms with van der Waals surface area (Å²) in [5.41, 5.74) is 9.18. The Kier molecular flexibility index (Phi) is 3.95. The van der Waals surface area contributed by atoms with Gasteiger partial charge in [-0.2, -0.15) is 0 Å². The number of aromatic nitrogens is 1. The van der Waals surface area contributed by atoms with Crippen molar-refractivity contribution in [2.45, 2.75) is 39.5 Å². The van der Waals surface area contributed by atoms with E-state index in [1.54, 1.807) is 23.5 Å². The molecule has 2 N–H and O–H groups in total. The molecule has 1 aromatic heterocycles. The zero-order valence-electron chi connectivity index (χ0n) is 12.4. The molecule has 1 aromatic carbocycles. The van der Waals surface area contributed by atoms with Crippen molar-refractivity contribution in [3.8, 4) is 0 Å². The third-order valence-corrected chi connectivity index (χ3v) is 4.07. The van der Waals surface area contributed by atoms with Crippen LogP contribution in [0.4, 0.5) is 5.69 Å². The van der Waals surface area contributed by atoms with E-state index in [1.165, 1.54) is 0 Å². The van der Waals surface area contributed by atoms with E-state index in [0.29, 0.717) is 17.7 Å². The van der Waals surface area contributed by atoms with E-state index in [9.17, 15) is 4.79 Å². The maximum Gasteiger partial charge on any atom is 0.169 e. The fourth-order valence-corrected chi connectivity index (χ4v) is 2.84. The largest absolute Gasteiger partial charge is 0.399 e. The number of Topliss-reactive ketones (excluding diaryl/α,β-unsaturated/α-hetero) is 1. The topological polar surface area (TPSA) is 56.0 Å². The molecule has 2 rings (SSSR count). The summed E-state index contributed by atoms with van der Waals surface area (Å²) in [6, 6.07) is 5.41. The highest BCUT2D eigenvalue weighted by molar-refractivity contribution is 7.09. The Labute approximate surface area is 123 Å². The number of anilines is 1. The molecule has 2 aromatic rings. The Morgan fingerprint density at radius 2 is 2.05 bits per heavy atom. The molecule has 0 spiro atoms. The quantitative estimate of drug-likeness (QED) is 0.691. The van der Waals surface area contributed by atoms with E-state index < -0.39 is 0 Å². The molecule has 0 aliphatic rings. The minimum Gasteiger partial charge on any atom is -0.399 e. The Bertz CT molecular complexity index is 638. The van der Waals surface area contributed by atoms with E-state index in [-0.39, 0.29) is 11.2 Å². The molecule has 0 fully saturated rings. The highest BCUT2D eigenvalue weighted by Crippen LogP contribution is 2.24. The number of benzene rings is 1. The average Bonchev–Trinajstić information content (AvgIpc) is 2.81. The van der Waals surface area contributed by atoms with Crippen molar-refractivity contribution in [2.75, 3.05) is 5.73 Å². The van der Waals surface area contributed by atoms with E-state index in [0.717, 1.165) is 16.3 Å². The van der Waals surface area contributed by atoms with Gasteiger partial charge in [-0.1, -0.05) is 20.8 Å². The van der Waals surface area contributed by atoms with Crippen LogP contribution in [0.1, 0.15) is 47.4 Å². The number of ketones is 1. The van der Waals surface area contributed by atoms with Gasteiger partial charge >= 0.3 is 0 Å². The van der Waals surface area contributed by atoms with Crippen molar-refractivity contribution in [2.24, 2.45) is 0 Å². The molecule has 0 amide bonds. The number of hydrogen-bond acceptors (Lipinski definition) is 4. The van der Waals surface area contributed by atoms with Crippen molar-refractivity contribution >= 4 is 22.8 Å². The third-order valence-electron chi connectivity index (χ3n) is 3.22. The van der Waals surface area contributed by atoms with Crippen LogP contribution in [0.15, 0.2) is 23.6 Å². The number of carbonyl (C=O) groups excluding carboxylic acids is 1. The van der Waals surface area contributed by atoms with Crippen LogP contribution in [0.2, 0.25) is 0 Å². The lowest BCUT2D eigenvalue weighted by Crippen LogP contribution is -2.12. The Balaban J connectivity index is 2.15. The third kappa shape index (κ3) is 3.25. The number of thiazole rings is 1. The van der Waals surface area contributed by atoms with Crippen molar-refractivity contribution in [1.29, 1.82) is 0 Å². The first kappa shape index (κ1) is 14.7. The molecule has 0 radical (unpaired) electrons. The maximum absolute atomic E-state index is 12.3. The lowest BCUT2D eigenvalue weighted by molar-refractivity contribution is 0.0993. The van der Waals surface area contributed by atoms with Crippen LogP contribution in [0, 0.1) is 6.92 Å². The first-order valence-electron chi connectivity index (χ1n) is 6.61. The van der Waals surface area contributed by atoms with Gasteiger partial charge in [0, 0.05) is 22.0 Å². The second kappa shape index (κ2) is 5.37. The molecule has 20 heavy (non-hydrogen) atoms. The van der Waals surface area contributed by atoms with Gasteiger partial charge in [-0.25, -0.2) is 4.98 Å². The van der Waals surface area contributed by atoms with E-state index in [1.807, 2.05) is 18.4 Å². The van der Waals surface area contributed by atoms with Gasteiger partial charge in [-0.05, 0) is 30.7 Å². The summed E-state index contributed by atoms with van der Waals surface area (Å²) in [4.78, 5) is 16.8. The summed E-state index contributed by atoms with van der Waals surface area (Å²) in [7, 11) is 0. The number of carbonyl (C=O) groups is 1. The smallest absolute Gasteiger partial charge is 0.169 e. The predicted molar refractivity (Wildman–Crippen MR) is 84.4 cm³/mol. The minimum atomic E-state index is 0.0234. The number of aryl methyl sites for hydroxylation is 1. The molecule has 1 heterocycles. The molecule has 0 aliphatic carbocycles. The number of rotatable bonds is 3. The Morgan fingerprint density at radius 1 is 1.35 bits per heavy atom. The molecule has 0 aliphatic heterocycles. The number of nitrogens with zero attached hydrogens (tertiary/aromatic N) is 1. The molecule has 0 bridgehead atoms. The first-order valence-corrected chi connectivity index (χ1v) is 7.49. The van der Waals surface area contributed by atoms with Crippen LogP contribution >= 0.6 is 11.3 Å². The summed E-state index contributed by atoms with van der Waals surface area (Å²) < 4.78 is 0. The van der Waals surface area contributed by atoms with Crippen LogP contribution in [-0.4, -0.2) is 10.8 Å². The zero-order valence-corrected chi connectivity index (χ0v) is 13.2. The summed E-state index contributed by atoms with van der Waals surface area (Å²) in [6.07, 6.45) is 0.351. The van der Waals surface area contributed by atoms with Gasteiger partial charge in [0.05, 0.1) is 12.1 Å². The van der Waals surface area contributed by atoms with Crippen molar-refractivity contribution < 1.29 is 4.79 Å². The second-order valence-electron chi connectivity index (χ2n) is 6.05. The fourth-order valence-electron chi connectivity index (χ4n) is 1.83. The summed E-state index contributed by atoms with van der Waals surface area (Å²) in [5.74, 6) is 0.0860.